The van der Waals surface area contributed by atoms with Crippen molar-refractivity contribution in [1.29, 1.82) is 0 Å². The van der Waals surface area contributed by atoms with Gasteiger partial charge in [-0.1, -0.05) is 12.1 Å². The topological polar surface area (TPSA) is 151 Å². The second-order valence-corrected chi connectivity index (χ2v) is 8.79. The number of hydrogen-bond donors (Lipinski definition) is 1. The molecule has 2 aliphatic rings. The van der Waals surface area contributed by atoms with Crippen molar-refractivity contribution in [1.82, 2.24) is 40.3 Å². The van der Waals surface area contributed by atoms with E-state index in [1.807, 2.05) is 0 Å². The predicted molar refractivity (Wildman–Crippen MR) is 135 cm³/mol. The molecule has 200 valence electrons. The zero-order valence-corrected chi connectivity index (χ0v) is 21.1. The molecule has 1 N–H and O–H groups in total. The van der Waals surface area contributed by atoms with Crippen molar-refractivity contribution >= 4 is 30.1 Å². The Hall–Kier alpha value is -5.21. The molecule has 1 saturated heterocycles. The van der Waals surface area contributed by atoms with Crippen LogP contribution in [0.25, 0.3) is 11.4 Å². The number of aromatic nitrogens is 4. The quantitative estimate of drug-likeness (QED) is 0.355. The first-order chi connectivity index (χ1) is 18.7. The summed E-state index contributed by atoms with van der Waals surface area (Å²) in [7, 11) is 4.68. The van der Waals surface area contributed by atoms with Crippen LogP contribution in [0.1, 0.15) is 5.56 Å². The molecule has 2 aromatic carbocycles. The van der Waals surface area contributed by atoms with E-state index in [0.29, 0.717) is 16.9 Å². The molecule has 15 heteroatoms. The van der Waals surface area contributed by atoms with Crippen molar-refractivity contribution in [3.8, 4) is 17.1 Å². The highest BCUT2D eigenvalue weighted by atomic mass is 19.1. The molecule has 39 heavy (non-hydrogen) atoms. The van der Waals surface area contributed by atoms with Crippen molar-refractivity contribution < 1.29 is 23.5 Å². The van der Waals surface area contributed by atoms with Crippen LogP contribution in [0.15, 0.2) is 58.6 Å². The number of carbonyl (C=O) groups is 3. The number of halogens is 1. The number of carbonyl (C=O) groups excluding carboxylic acids is 3. The van der Waals surface area contributed by atoms with Crippen LogP contribution in [0.3, 0.4) is 0 Å². The van der Waals surface area contributed by atoms with Crippen molar-refractivity contribution in [2.24, 2.45) is 10.1 Å². The molecule has 2 aliphatic heterocycles. The van der Waals surface area contributed by atoms with E-state index in [4.69, 9.17) is 4.74 Å². The van der Waals surface area contributed by atoms with Crippen LogP contribution in [-0.4, -0.2) is 98.3 Å². The zero-order valence-electron chi connectivity index (χ0n) is 21.1. The number of amidine groups is 1. The Kier molecular flexibility index (Phi) is 6.70. The van der Waals surface area contributed by atoms with Gasteiger partial charge in [0.1, 0.15) is 18.1 Å². The lowest BCUT2D eigenvalue weighted by molar-refractivity contribution is -0.135. The maximum atomic E-state index is 13.1. The summed E-state index contributed by atoms with van der Waals surface area (Å²) >= 11 is 0. The second-order valence-electron chi connectivity index (χ2n) is 8.79. The fraction of sp³-hybridized carbons (Fsp3) is 0.250. The van der Waals surface area contributed by atoms with Gasteiger partial charge in [-0.05, 0) is 47.2 Å². The van der Waals surface area contributed by atoms with E-state index >= 15 is 0 Å². The number of fused-ring (bicyclic) bond motifs is 1. The fourth-order valence-corrected chi connectivity index (χ4v) is 4.06. The fourth-order valence-electron chi connectivity index (χ4n) is 4.06. The van der Waals surface area contributed by atoms with Gasteiger partial charge in [0, 0.05) is 26.7 Å². The Morgan fingerprint density at radius 2 is 1.90 bits per heavy atom. The number of benzene rings is 2. The third-order valence-corrected chi connectivity index (χ3v) is 6.12. The average Bonchev–Trinajstić information content (AvgIpc) is 3.51. The molecule has 5 rings (SSSR count). The molecule has 3 aromatic rings. The Labute approximate surface area is 221 Å². The molecule has 0 radical (unpaired) electrons. The Morgan fingerprint density at radius 1 is 1.13 bits per heavy atom. The molecule has 0 aliphatic carbocycles. The number of nitrogens with one attached hydrogen (secondary N) is 1. The van der Waals surface area contributed by atoms with Gasteiger partial charge in [-0.3, -0.25) is 14.5 Å². The van der Waals surface area contributed by atoms with Crippen molar-refractivity contribution in [2.75, 3.05) is 21.1 Å². The van der Waals surface area contributed by atoms with Crippen LogP contribution < -0.4 is 10.2 Å². The van der Waals surface area contributed by atoms with Crippen LogP contribution in [0, 0.1) is 5.82 Å². The first-order valence-electron chi connectivity index (χ1n) is 11.7. The van der Waals surface area contributed by atoms with Gasteiger partial charge in [0.15, 0.2) is 12.2 Å². The molecule has 2 atom stereocenters. The van der Waals surface area contributed by atoms with Gasteiger partial charge < -0.3 is 14.5 Å². The Bertz CT molecular complexity index is 1490. The van der Waals surface area contributed by atoms with Crippen LogP contribution in [0.5, 0.6) is 5.75 Å². The lowest BCUT2D eigenvalue weighted by Gasteiger charge is -2.38. The molecule has 1 aromatic heterocycles. The lowest BCUT2D eigenvalue weighted by Crippen LogP contribution is -2.63. The maximum absolute atomic E-state index is 13.1. The number of imide groups is 1. The highest BCUT2D eigenvalue weighted by molar-refractivity contribution is 6.03. The van der Waals surface area contributed by atoms with E-state index in [1.165, 1.54) is 42.4 Å². The summed E-state index contributed by atoms with van der Waals surface area (Å²) in [5, 5.41) is 15.8. The molecular weight excluding hydrogens is 511 g/mol. The summed E-state index contributed by atoms with van der Waals surface area (Å²) in [6.45, 7) is -0.228. The van der Waals surface area contributed by atoms with Gasteiger partial charge in [0.05, 0.1) is 6.21 Å². The SMILES string of the molecule is CN1C(=O)[C@@H]2[C@H](N=C(Oc3cccc(/C=N\NC(=O)Cn4nnc(-c5ccc(F)cc5)n4)c3)N2C)N(C)C1=O. The van der Waals surface area contributed by atoms with Gasteiger partial charge in [-0.25, -0.2) is 19.6 Å². The summed E-state index contributed by atoms with van der Waals surface area (Å²) in [5.74, 6) is -0.552. The van der Waals surface area contributed by atoms with E-state index in [0.717, 1.165) is 9.70 Å². The van der Waals surface area contributed by atoms with Crippen LogP contribution in [0.4, 0.5) is 9.18 Å². The standard InChI is InChI=1S/C24H23FN10O4/c1-32-19-21(33(2)24(38)34(3)22(19)37)27-23(32)39-17-6-4-5-14(11-17)12-26-28-18(36)13-35-30-20(29-31-35)15-7-9-16(25)10-8-15/h4-12,19,21H,13H2,1-3H3,(H,28,36)/b26-12-/t19-,21+/m0/s1. The number of amides is 4. The summed E-state index contributed by atoms with van der Waals surface area (Å²) in [4.78, 5) is 46.7. The van der Waals surface area contributed by atoms with Crippen LogP contribution in [-0.2, 0) is 16.1 Å². The number of hydrogen-bond acceptors (Lipinski definition) is 10. The maximum Gasteiger partial charge on any atom is 0.328 e. The molecule has 0 bridgehead atoms. The van der Waals surface area contributed by atoms with E-state index in [1.54, 1.807) is 43.3 Å². The number of nitrogens with zero attached hydrogens (tertiary/aromatic N) is 9. The third kappa shape index (κ3) is 5.14. The number of tetrazole rings is 1. The normalized spacial score (nSPS) is 19.0. The summed E-state index contributed by atoms with van der Waals surface area (Å²) < 4.78 is 19.0. The van der Waals surface area contributed by atoms with Gasteiger partial charge >= 0.3 is 6.03 Å². The van der Waals surface area contributed by atoms with Crippen molar-refractivity contribution in [3.63, 3.8) is 0 Å². The molecule has 0 unspecified atom stereocenters. The third-order valence-electron chi connectivity index (χ3n) is 6.12. The van der Waals surface area contributed by atoms with Gasteiger partial charge in [0.2, 0.25) is 5.82 Å². The molecule has 1 fully saturated rings. The zero-order chi connectivity index (χ0) is 27.7. The van der Waals surface area contributed by atoms with Crippen molar-refractivity contribution in [2.45, 2.75) is 18.8 Å². The smallest absolute Gasteiger partial charge is 0.328 e. The number of hydrazone groups is 1. The van der Waals surface area contributed by atoms with E-state index in [2.05, 4.69) is 30.9 Å². The second kappa shape index (κ2) is 10.3. The number of aliphatic imine (C=N–C) groups is 1. The van der Waals surface area contributed by atoms with Gasteiger partial charge in [0.25, 0.3) is 17.8 Å². The Balaban J connectivity index is 1.18. The summed E-state index contributed by atoms with van der Waals surface area (Å²) in [6, 6.07) is 11.5. The van der Waals surface area contributed by atoms with Crippen LogP contribution in [0.2, 0.25) is 0 Å². The minimum absolute atomic E-state index is 0.191. The minimum atomic E-state index is -0.688. The number of rotatable bonds is 6. The first kappa shape index (κ1) is 25.4. The molecule has 0 saturated carbocycles. The monoisotopic (exact) mass is 534 g/mol. The predicted octanol–water partition coefficient (Wildman–Crippen LogP) is 0.528. The number of urea groups is 1. The van der Waals surface area contributed by atoms with Crippen molar-refractivity contribution in [3.05, 3.63) is 59.9 Å². The minimum Gasteiger partial charge on any atom is -0.426 e. The highest BCUT2D eigenvalue weighted by Gasteiger charge is 2.50. The number of likely N-dealkylation sites (N-methyl/N-ethyl adjacent to an activating group) is 3. The molecule has 3 heterocycles. The Morgan fingerprint density at radius 3 is 2.67 bits per heavy atom. The van der Waals surface area contributed by atoms with E-state index in [-0.39, 0.29) is 30.1 Å². The summed E-state index contributed by atoms with van der Waals surface area (Å²) in [5.41, 5.74) is 3.57. The summed E-state index contributed by atoms with van der Waals surface area (Å²) in [6.07, 6.45) is 0.737. The largest absolute Gasteiger partial charge is 0.426 e. The van der Waals surface area contributed by atoms with E-state index in [9.17, 15) is 18.8 Å². The molecule has 4 amide bonds. The first-order valence-corrected chi connectivity index (χ1v) is 11.7. The average molecular weight is 535 g/mol. The molecule has 0 spiro atoms. The van der Waals surface area contributed by atoms with Gasteiger partial charge in [-0.2, -0.15) is 9.90 Å². The molecular formula is C24H23FN10O4. The van der Waals surface area contributed by atoms with E-state index < -0.39 is 24.1 Å². The highest BCUT2D eigenvalue weighted by Crippen LogP contribution is 2.27. The molecule has 14 nitrogen and oxygen atoms in total. The lowest BCUT2D eigenvalue weighted by atomic mass is 10.1. The van der Waals surface area contributed by atoms with Crippen LogP contribution >= 0.6 is 0 Å². The number of ether oxygens (including phenoxy) is 1. The van der Waals surface area contributed by atoms with Gasteiger partial charge in [-0.15, -0.1) is 10.2 Å².